The van der Waals surface area contributed by atoms with Crippen LogP contribution < -0.4 is 16.1 Å². The third kappa shape index (κ3) is 4.65. The Balaban J connectivity index is 1.21. The van der Waals surface area contributed by atoms with Crippen molar-refractivity contribution in [1.82, 2.24) is 25.9 Å². The first-order chi connectivity index (χ1) is 18.1. The van der Waals surface area contributed by atoms with Crippen LogP contribution >= 0.6 is 11.3 Å². The molecule has 0 unspecified atom stereocenters. The number of thiophene rings is 1. The highest BCUT2D eigenvalue weighted by Gasteiger charge is 2.35. The highest BCUT2D eigenvalue weighted by atomic mass is 32.1. The van der Waals surface area contributed by atoms with Crippen LogP contribution in [0.3, 0.4) is 0 Å². The number of urea groups is 1. The summed E-state index contributed by atoms with van der Waals surface area (Å²) in [5, 5.41) is 15.2. The molecule has 1 saturated carbocycles. The zero-order valence-electron chi connectivity index (χ0n) is 20.3. The number of amides is 3. The molecular weight excluding hydrogens is 492 g/mol. The number of ether oxygens (including phenoxy) is 1. The fourth-order valence-corrected chi connectivity index (χ4v) is 6.14. The maximum atomic E-state index is 13.6. The molecule has 10 nitrogen and oxygen atoms in total. The number of hydrogen-bond acceptors (Lipinski definition) is 7. The van der Waals surface area contributed by atoms with Crippen molar-refractivity contribution in [3.8, 4) is 21.8 Å². The van der Waals surface area contributed by atoms with Gasteiger partial charge in [0.15, 0.2) is 5.78 Å². The Morgan fingerprint density at radius 1 is 1.05 bits per heavy atom. The molecule has 0 spiro atoms. The average molecular weight is 521 g/mol. The van der Waals surface area contributed by atoms with Crippen molar-refractivity contribution in [2.75, 3.05) is 31.6 Å². The average Bonchev–Trinajstić information content (AvgIpc) is 3.62. The predicted molar refractivity (Wildman–Crippen MR) is 140 cm³/mol. The van der Waals surface area contributed by atoms with Gasteiger partial charge >= 0.3 is 6.03 Å². The molecule has 0 atom stereocenters. The van der Waals surface area contributed by atoms with Gasteiger partial charge in [-0.2, -0.15) is 5.10 Å². The SMILES string of the molecule is O=C(Nc1cccc2c1C(=O)c1c(-c3ccc(C(=O)NC4CCCCC4)s3)n[nH]c1-2)NN1CCOCC1. The lowest BCUT2D eigenvalue weighted by molar-refractivity contribution is 0.0207. The van der Waals surface area contributed by atoms with E-state index in [0.717, 1.165) is 30.6 Å². The van der Waals surface area contributed by atoms with Gasteiger partial charge in [-0.25, -0.2) is 9.80 Å². The molecule has 0 radical (unpaired) electrons. The zero-order chi connectivity index (χ0) is 25.4. The maximum Gasteiger partial charge on any atom is 0.333 e. The lowest BCUT2D eigenvalue weighted by atomic mass is 9.95. The van der Waals surface area contributed by atoms with Gasteiger partial charge in [0.2, 0.25) is 0 Å². The van der Waals surface area contributed by atoms with Crippen molar-refractivity contribution in [1.29, 1.82) is 0 Å². The van der Waals surface area contributed by atoms with Gasteiger partial charge in [0.1, 0.15) is 5.69 Å². The minimum absolute atomic E-state index is 0.0808. The van der Waals surface area contributed by atoms with Crippen LogP contribution in [0.25, 0.3) is 21.8 Å². The van der Waals surface area contributed by atoms with Crippen molar-refractivity contribution >= 4 is 34.7 Å². The molecule has 3 amide bonds. The standard InChI is InChI=1S/C26H28N6O4S/c33-24-20-16(7-4-8-17(20)28-26(35)31-32-11-13-36-14-12-32)22-21(24)23(30-29-22)18-9-10-19(37-18)25(34)27-15-5-2-1-3-6-15/h4,7-10,15H,1-3,5-6,11-14H2,(H,27,34)(H,29,30)(H2,28,31,35). The summed E-state index contributed by atoms with van der Waals surface area (Å²) in [4.78, 5) is 40.4. The lowest BCUT2D eigenvalue weighted by Crippen LogP contribution is -2.49. The Kier molecular flexibility index (Phi) is 6.49. The van der Waals surface area contributed by atoms with Crippen LogP contribution in [-0.4, -0.2) is 65.3 Å². The van der Waals surface area contributed by atoms with E-state index in [4.69, 9.17) is 4.74 Å². The number of carbonyl (C=O) groups excluding carboxylic acids is 3. The van der Waals surface area contributed by atoms with Crippen molar-refractivity contribution in [2.45, 2.75) is 38.1 Å². The van der Waals surface area contributed by atoms with Gasteiger partial charge < -0.3 is 15.4 Å². The topological polar surface area (TPSA) is 128 Å². The molecule has 2 aromatic heterocycles. The number of nitrogens with one attached hydrogen (secondary N) is 4. The molecule has 3 aliphatic rings. The van der Waals surface area contributed by atoms with E-state index < -0.39 is 6.03 Å². The number of morpholine rings is 1. The first kappa shape index (κ1) is 23.8. The summed E-state index contributed by atoms with van der Waals surface area (Å²) < 4.78 is 5.31. The van der Waals surface area contributed by atoms with Crippen molar-refractivity contribution in [2.24, 2.45) is 0 Å². The molecule has 3 aromatic rings. The van der Waals surface area contributed by atoms with Gasteiger partial charge in [0.05, 0.1) is 45.5 Å². The van der Waals surface area contributed by atoms with Crippen molar-refractivity contribution in [3.05, 3.63) is 46.3 Å². The molecule has 0 bridgehead atoms. The molecule has 6 rings (SSSR count). The van der Waals surface area contributed by atoms with E-state index in [0.29, 0.717) is 64.9 Å². The normalized spacial score (nSPS) is 17.8. The highest BCUT2D eigenvalue weighted by Crippen LogP contribution is 2.44. The summed E-state index contributed by atoms with van der Waals surface area (Å²) in [5.74, 6) is -0.291. The summed E-state index contributed by atoms with van der Waals surface area (Å²) in [5.41, 5.74) is 5.95. The van der Waals surface area contributed by atoms with Crippen LogP contribution in [0.5, 0.6) is 0 Å². The minimum atomic E-state index is -0.413. The minimum Gasteiger partial charge on any atom is -0.379 e. The van der Waals surface area contributed by atoms with Crippen molar-refractivity contribution < 1.29 is 19.1 Å². The third-order valence-corrected chi connectivity index (χ3v) is 8.17. The number of anilines is 1. The van der Waals surface area contributed by atoms with E-state index in [9.17, 15) is 14.4 Å². The number of fused-ring (bicyclic) bond motifs is 3. The van der Waals surface area contributed by atoms with Gasteiger partial charge in [0, 0.05) is 24.7 Å². The molecule has 1 aromatic carbocycles. The number of nitrogens with zero attached hydrogens (tertiary/aromatic N) is 2. The molecule has 11 heteroatoms. The number of carbonyl (C=O) groups is 3. The maximum absolute atomic E-state index is 13.6. The molecule has 1 aliphatic heterocycles. The highest BCUT2D eigenvalue weighted by molar-refractivity contribution is 7.17. The fourth-order valence-electron chi connectivity index (χ4n) is 5.23. The number of aromatic nitrogens is 2. The Bertz CT molecular complexity index is 1350. The van der Waals surface area contributed by atoms with Gasteiger partial charge in [-0.1, -0.05) is 31.4 Å². The second-order valence-corrected chi connectivity index (χ2v) is 10.6. The quantitative estimate of drug-likeness (QED) is 0.317. The van der Waals surface area contributed by atoms with Crippen LogP contribution in [-0.2, 0) is 4.74 Å². The lowest BCUT2D eigenvalue weighted by Gasteiger charge is -2.27. The summed E-state index contributed by atoms with van der Waals surface area (Å²) in [6.45, 7) is 2.30. The summed E-state index contributed by atoms with van der Waals surface area (Å²) >= 11 is 1.33. The van der Waals surface area contributed by atoms with Crippen LogP contribution in [0.1, 0.15) is 57.7 Å². The molecule has 2 aliphatic carbocycles. The van der Waals surface area contributed by atoms with E-state index in [1.807, 2.05) is 12.1 Å². The summed E-state index contributed by atoms with van der Waals surface area (Å²) in [6, 6.07) is 8.78. The van der Waals surface area contributed by atoms with Gasteiger partial charge in [0.25, 0.3) is 5.91 Å². The molecule has 1 saturated heterocycles. The molecule has 3 heterocycles. The van der Waals surface area contributed by atoms with Crippen LogP contribution in [0.15, 0.2) is 30.3 Å². The number of hydrogen-bond donors (Lipinski definition) is 4. The second kappa shape index (κ2) is 10.1. The third-order valence-electron chi connectivity index (χ3n) is 7.08. The summed E-state index contributed by atoms with van der Waals surface area (Å²) in [6.07, 6.45) is 5.56. The fraction of sp³-hybridized carbons (Fsp3) is 0.385. The smallest absolute Gasteiger partial charge is 0.333 e. The number of H-pyrrole nitrogens is 1. The monoisotopic (exact) mass is 520 g/mol. The molecule has 2 fully saturated rings. The van der Waals surface area contributed by atoms with Gasteiger partial charge in [-0.3, -0.25) is 20.1 Å². The van der Waals surface area contributed by atoms with E-state index in [1.54, 1.807) is 23.2 Å². The molecule has 4 N–H and O–H groups in total. The second-order valence-electron chi connectivity index (χ2n) is 9.52. The summed E-state index contributed by atoms with van der Waals surface area (Å²) in [7, 11) is 0. The Labute approximate surface area is 217 Å². The first-order valence-corrected chi connectivity index (χ1v) is 13.5. The number of aromatic amines is 1. The van der Waals surface area contributed by atoms with Crippen LogP contribution in [0.4, 0.5) is 10.5 Å². The largest absolute Gasteiger partial charge is 0.379 e. The van der Waals surface area contributed by atoms with Gasteiger partial charge in [-0.15, -0.1) is 11.3 Å². The van der Waals surface area contributed by atoms with Crippen molar-refractivity contribution in [3.63, 3.8) is 0 Å². The predicted octanol–water partition coefficient (Wildman–Crippen LogP) is 3.78. The van der Waals surface area contributed by atoms with Crippen LogP contribution in [0.2, 0.25) is 0 Å². The Hall–Kier alpha value is -3.54. The van der Waals surface area contributed by atoms with E-state index in [2.05, 4.69) is 26.3 Å². The Morgan fingerprint density at radius 3 is 2.68 bits per heavy atom. The number of rotatable bonds is 5. The molecule has 37 heavy (non-hydrogen) atoms. The number of hydrazine groups is 1. The molecule has 192 valence electrons. The molecular formula is C26H28N6O4S. The van der Waals surface area contributed by atoms with Crippen LogP contribution in [0, 0.1) is 0 Å². The van der Waals surface area contributed by atoms with E-state index in [1.165, 1.54) is 17.8 Å². The first-order valence-electron chi connectivity index (χ1n) is 12.7. The number of benzene rings is 1. The number of ketones is 1. The Morgan fingerprint density at radius 2 is 1.86 bits per heavy atom. The van der Waals surface area contributed by atoms with E-state index >= 15 is 0 Å². The zero-order valence-corrected chi connectivity index (χ0v) is 21.1. The van der Waals surface area contributed by atoms with Gasteiger partial charge in [-0.05, 0) is 31.0 Å². The van der Waals surface area contributed by atoms with E-state index in [-0.39, 0.29) is 17.7 Å².